The van der Waals surface area contributed by atoms with E-state index in [1.165, 1.54) is 17.5 Å². The topological polar surface area (TPSA) is 114 Å². The summed E-state index contributed by atoms with van der Waals surface area (Å²) in [6.07, 6.45) is 4.13. The highest BCUT2D eigenvalue weighted by molar-refractivity contribution is 6.06. The normalized spacial score (nSPS) is 17.0. The minimum absolute atomic E-state index is 0.0263. The van der Waals surface area contributed by atoms with Gasteiger partial charge in [0, 0.05) is 76.6 Å². The van der Waals surface area contributed by atoms with Crippen molar-refractivity contribution in [2.24, 2.45) is 0 Å². The molecule has 4 amide bonds. The number of aryl methyl sites for hydroxylation is 1. The van der Waals surface area contributed by atoms with Gasteiger partial charge in [0.15, 0.2) is 11.6 Å². The van der Waals surface area contributed by atoms with Gasteiger partial charge >= 0.3 is 6.03 Å². The van der Waals surface area contributed by atoms with Crippen molar-refractivity contribution in [3.63, 3.8) is 0 Å². The molecule has 0 bridgehead atoms. The first-order valence-corrected chi connectivity index (χ1v) is 15.1. The van der Waals surface area contributed by atoms with Crippen molar-refractivity contribution in [2.45, 2.75) is 32.1 Å². The number of hydrogen-bond acceptors (Lipinski definition) is 7. The number of hydrogen-bond donors (Lipinski definition) is 2. The highest BCUT2D eigenvalue weighted by atomic mass is 16.3. The van der Waals surface area contributed by atoms with Crippen LogP contribution < -0.4 is 20.4 Å². The highest BCUT2D eigenvalue weighted by Gasteiger charge is 2.30. The van der Waals surface area contributed by atoms with E-state index in [4.69, 9.17) is 4.42 Å². The van der Waals surface area contributed by atoms with E-state index in [0.717, 1.165) is 51.3 Å². The lowest BCUT2D eigenvalue weighted by Gasteiger charge is -2.38. The van der Waals surface area contributed by atoms with Gasteiger partial charge in [-0.05, 0) is 56.0 Å². The number of carbonyl (C=O) groups is 3. The molecule has 1 saturated carbocycles. The number of piperazine rings is 1. The van der Waals surface area contributed by atoms with Gasteiger partial charge in [0.25, 0.3) is 11.8 Å². The monoisotopic (exact) mass is 585 g/mol. The number of urea groups is 1. The molecule has 0 atom stereocenters. The molecule has 2 N–H and O–H groups in total. The molecule has 3 aliphatic rings. The molecule has 2 saturated heterocycles. The third-order valence-electron chi connectivity index (χ3n) is 8.46. The SMILES string of the molecule is Cc1ccccc1N1CCN(c2ccc(C(=O)NCCCN3CCN(C)C3=O)cc2NC(=O)c2coc(C3CC3)n2)CC1. The summed E-state index contributed by atoms with van der Waals surface area (Å²) in [5.41, 5.74) is 4.58. The maximum atomic E-state index is 13.3. The van der Waals surface area contributed by atoms with Crippen LogP contribution >= 0.6 is 0 Å². The molecule has 226 valence electrons. The third-order valence-corrected chi connectivity index (χ3v) is 8.46. The van der Waals surface area contributed by atoms with Crippen molar-refractivity contribution in [1.29, 1.82) is 0 Å². The molecule has 1 aromatic heterocycles. The van der Waals surface area contributed by atoms with Crippen molar-refractivity contribution in [1.82, 2.24) is 20.1 Å². The lowest BCUT2D eigenvalue weighted by molar-refractivity contribution is 0.0951. The molecular weight excluding hydrogens is 546 g/mol. The smallest absolute Gasteiger partial charge is 0.319 e. The van der Waals surface area contributed by atoms with E-state index in [0.29, 0.717) is 49.1 Å². The number of anilines is 3. The van der Waals surface area contributed by atoms with Crippen molar-refractivity contribution < 1.29 is 18.8 Å². The average Bonchev–Trinajstić information content (AvgIpc) is 3.66. The largest absolute Gasteiger partial charge is 0.448 e. The van der Waals surface area contributed by atoms with Crippen molar-refractivity contribution >= 4 is 34.9 Å². The van der Waals surface area contributed by atoms with Gasteiger partial charge in [-0.15, -0.1) is 0 Å². The summed E-state index contributed by atoms with van der Waals surface area (Å²) in [7, 11) is 1.79. The van der Waals surface area contributed by atoms with Crippen LogP contribution in [0, 0.1) is 6.92 Å². The Labute approximate surface area is 251 Å². The van der Waals surface area contributed by atoms with Crippen molar-refractivity contribution in [2.75, 3.05) is 74.5 Å². The number of nitrogens with zero attached hydrogens (tertiary/aromatic N) is 5. The maximum Gasteiger partial charge on any atom is 0.319 e. The zero-order valence-corrected chi connectivity index (χ0v) is 24.8. The lowest BCUT2D eigenvalue weighted by Crippen LogP contribution is -2.47. The van der Waals surface area contributed by atoms with Crippen LogP contribution in [0.4, 0.5) is 21.9 Å². The molecule has 6 rings (SSSR count). The molecule has 3 fully saturated rings. The maximum absolute atomic E-state index is 13.3. The van der Waals surface area contributed by atoms with Crippen LogP contribution in [0.3, 0.4) is 0 Å². The van der Waals surface area contributed by atoms with Gasteiger partial charge in [-0.1, -0.05) is 18.2 Å². The molecule has 11 heteroatoms. The van der Waals surface area contributed by atoms with Crippen LogP contribution in [0.25, 0.3) is 0 Å². The standard InChI is InChI=1S/C32H39N7O4/c1-22-6-3-4-7-27(22)37-16-18-38(19-17-37)28-11-10-24(29(40)33-12-5-13-39-15-14-36(2)32(39)42)20-25(28)34-30(41)26-21-43-31(35-26)23-8-9-23/h3-4,6-7,10-11,20-21,23H,5,8-9,12-19H2,1-2H3,(H,33,40)(H,34,41). The van der Waals surface area contributed by atoms with Gasteiger partial charge in [-0.2, -0.15) is 0 Å². The fraction of sp³-hybridized carbons (Fsp3) is 0.438. The number of para-hydroxylation sites is 1. The van der Waals surface area contributed by atoms with E-state index in [2.05, 4.69) is 56.6 Å². The molecule has 2 aliphatic heterocycles. The van der Waals surface area contributed by atoms with Crippen LogP contribution in [-0.2, 0) is 0 Å². The third kappa shape index (κ3) is 6.45. The minimum atomic E-state index is -0.367. The summed E-state index contributed by atoms with van der Waals surface area (Å²) in [4.78, 5) is 51.0. The van der Waals surface area contributed by atoms with E-state index in [9.17, 15) is 14.4 Å². The van der Waals surface area contributed by atoms with E-state index >= 15 is 0 Å². The van der Waals surface area contributed by atoms with E-state index in [-0.39, 0.29) is 23.5 Å². The molecule has 43 heavy (non-hydrogen) atoms. The summed E-state index contributed by atoms with van der Waals surface area (Å²) >= 11 is 0. The fourth-order valence-corrected chi connectivity index (χ4v) is 5.74. The second-order valence-corrected chi connectivity index (χ2v) is 11.6. The first-order chi connectivity index (χ1) is 20.9. The molecule has 1 aliphatic carbocycles. The quantitative estimate of drug-likeness (QED) is 0.347. The number of benzene rings is 2. The molecule has 0 radical (unpaired) electrons. The molecule has 11 nitrogen and oxygen atoms in total. The Hall–Kier alpha value is -4.54. The number of amides is 4. The van der Waals surface area contributed by atoms with Crippen LogP contribution in [0.1, 0.15) is 57.5 Å². The molecule has 3 aromatic rings. The highest BCUT2D eigenvalue weighted by Crippen LogP contribution is 2.39. The Bertz CT molecular complexity index is 1490. The van der Waals surface area contributed by atoms with Crippen LogP contribution in [-0.4, -0.2) is 92.0 Å². The van der Waals surface area contributed by atoms with Gasteiger partial charge in [-0.3, -0.25) is 9.59 Å². The van der Waals surface area contributed by atoms with E-state index in [1.54, 1.807) is 29.0 Å². The van der Waals surface area contributed by atoms with E-state index < -0.39 is 0 Å². The Balaban J connectivity index is 1.14. The Morgan fingerprint density at radius 2 is 1.70 bits per heavy atom. The molecule has 2 aromatic carbocycles. The molecular formula is C32H39N7O4. The lowest BCUT2D eigenvalue weighted by atomic mass is 10.1. The minimum Gasteiger partial charge on any atom is -0.448 e. The van der Waals surface area contributed by atoms with Gasteiger partial charge in [-0.25, -0.2) is 9.78 Å². The van der Waals surface area contributed by atoms with Crippen LogP contribution in [0.2, 0.25) is 0 Å². The van der Waals surface area contributed by atoms with E-state index in [1.807, 2.05) is 6.07 Å². The summed E-state index contributed by atoms with van der Waals surface area (Å²) < 4.78 is 5.54. The number of likely N-dealkylation sites (N-methyl/N-ethyl adjacent to an activating group) is 1. The zero-order valence-electron chi connectivity index (χ0n) is 24.8. The first kappa shape index (κ1) is 28.6. The Morgan fingerprint density at radius 3 is 2.40 bits per heavy atom. The number of oxazole rings is 1. The summed E-state index contributed by atoms with van der Waals surface area (Å²) in [6.45, 7) is 7.81. The average molecular weight is 586 g/mol. The van der Waals surface area contributed by atoms with Gasteiger partial charge in [0.2, 0.25) is 0 Å². The molecule has 0 spiro atoms. The predicted molar refractivity (Wildman–Crippen MR) is 165 cm³/mol. The van der Waals surface area contributed by atoms with Crippen LogP contribution in [0.5, 0.6) is 0 Å². The Kier molecular flexibility index (Phi) is 8.22. The summed E-state index contributed by atoms with van der Waals surface area (Å²) in [5.74, 6) is 0.313. The first-order valence-electron chi connectivity index (χ1n) is 15.1. The van der Waals surface area contributed by atoms with Gasteiger partial charge in [0.1, 0.15) is 6.26 Å². The van der Waals surface area contributed by atoms with Gasteiger partial charge in [0.05, 0.1) is 11.4 Å². The van der Waals surface area contributed by atoms with Crippen molar-refractivity contribution in [3.05, 3.63) is 71.4 Å². The van der Waals surface area contributed by atoms with Gasteiger partial charge < -0.3 is 34.7 Å². The fourth-order valence-electron chi connectivity index (χ4n) is 5.74. The molecule has 0 unspecified atom stereocenters. The second-order valence-electron chi connectivity index (χ2n) is 11.6. The summed E-state index contributed by atoms with van der Waals surface area (Å²) in [6, 6.07) is 13.9. The van der Waals surface area contributed by atoms with Crippen molar-refractivity contribution in [3.8, 4) is 0 Å². The summed E-state index contributed by atoms with van der Waals surface area (Å²) in [5, 5.41) is 5.97. The zero-order chi connectivity index (χ0) is 29.9. The second kappa shape index (κ2) is 12.4. The molecule has 3 heterocycles. The number of carbonyl (C=O) groups excluding carboxylic acids is 3. The Morgan fingerprint density at radius 1 is 0.953 bits per heavy atom. The number of rotatable bonds is 10. The predicted octanol–water partition coefficient (Wildman–Crippen LogP) is 3.93. The number of aromatic nitrogens is 1. The van der Waals surface area contributed by atoms with Crippen LogP contribution in [0.15, 0.2) is 53.1 Å². The number of nitrogens with one attached hydrogen (secondary N) is 2.